The van der Waals surface area contributed by atoms with Crippen LogP contribution in [0.4, 0.5) is 5.69 Å². The Bertz CT molecular complexity index is 1100. The number of hydrogen-bond acceptors (Lipinski definition) is 4. The minimum atomic E-state index is -0.316. The molecule has 0 fully saturated rings. The molecule has 4 aromatic rings. The summed E-state index contributed by atoms with van der Waals surface area (Å²) in [4.78, 5) is 28.5. The first kappa shape index (κ1) is 18.4. The maximum atomic E-state index is 12.4. The second-order valence-electron chi connectivity index (χ2n) is 6.61. The number of carbonyl (C=O) groups is 2. The standard InChI is InChI=1S/C23H19N3O3/c27-22(25-15-17-9-11-24-12-10-17)13-16-5-7-19(8-6-16)26-23(28)21-14-18-3-1-2-4-20(18)29-21/h1-12,14H,13,15H2,(H,25,27)(H,26,28). The molecule has 6 heteroatoms. The van der Waals surface area contributed by atoms with Gasteiger partial charge in [-0.1, -0.05) is 30.3 Å². The second-order valence-corrected chi connectivity index (χ2v) is 6.61. The Hall–Kier alpha value is -3.93. The van der Waals surface area contributed by atoms with Gasteiger partial charge >= 0.3 is 0 Å². The van der Waals surface area contributed by atoms with Gasteiger partial charge in [-0.25, -0.2) is 0 Å². The zero-order chi connectivity index (χ0) is 20.1. The molecule has 0 radical (unpaired) electrons. The first-order valence-corrected chi connectivity index (χ1v) is 9.22. The van der Waals surface area contributed by atoms with Gasteiger partial charge < -0.3 is 15.1 Å². The number of nitrogens with one attached hydrogen (secondary N) is 2. The van der Waals surface area contributed by atoms with Crippen molar-refractivity contribution in [2.24, 2.45) is 0 Å². The lowest BCUT2D eigenvalue weighted by atomic mass is 10.1. The Morgan fingerprint density at radius 2 is 1.66 bits per heavy atom. The van der Waals surface area contributed by atoms with Gasteiger partial charge in [0.2, 0.25) is 5.91 Å². The van der Waals surface area contributed by atoms with Crippen LogP contribution in [0, 0.1) is 0 Å². The van der Waals surface area contributed by atoms with E-state index in [0.717, 1.165) is 16.5 Å². The van der Waals surface area contributed by atoms with Gasteiger partial charge in [-0.15, -0.1) is 0 Å². The molecule has 4 rings (SSSR count). The summed E-state index contributed by atoms with van der Waals surface area (Å²) >= 11 is 0. The largest absolute Gasteiger partial charge is 0.451 e. The van der Waals surface area contributed by atoms with Gasteiger partial charge in [-0.2, -0.15) is 0 Å². The molecule has 2 amide bonds. The highest BCUT2D eigenvalue weighted by molar-refractivity contribution is 6.04. The van der Waals surface area contributed by atoms with Crippen molar-refractivity contribution in [3.8, 4) is 0 Å². The molecule has 2 N–H and O–H groups in total. The number of aromatic nitrogens is 1. The predicted octanol–water partition coefficient (Wildman–Crippen LogP) is 3.94. The maximum Gasteiger partial charge on any atom is 0.291 e. The zero-order valence-corrected chi connectivity index (χ0v) is 15.6. The highest BCUT2D eigenvalue weighted by Gasteiger charge is 2.12. The predicted molar refractivity (Wildman–Crippen MR) is 110 cm³/mol. The summed E-state index contributed by atoms with van der Waals surface area (Å²) in [5.41, 5.74) is 3.16. The van der Waals surface area contributed by atoms with Crippen molar-refractivity contribution in [2.75, 3.05) is 5.32 Å². The van der Waals surface area contributed by atoms with Crippen LogP contribution in [-0.2, 0) is 17.8 Å². The van der Waals surface area contributed by atoms with Crippen LogP contribution in [-0.4, -0.2) is 16.8 Å². The van der Waals surface area contributed by atoms with E-state index in [-0.39, 0.29) is 24.0 Å². The van der Waals surface area contributed by atoms with Crippen LogP contribution in [0.3, 0.4) is 0 Å². The highest BCUT2D eigenvalue weighted by Crippen LogP contribution is 2.20. The Labute approximate surface area is 167 Å². The van der Waals surface area contributed by atoms with E-state index in [9.17, 15) is 9.59 Å². The molecule has 2 heterocycles. The molecular formula is C23H19N3O3. The van der Waals surface area contributed by atoms with E-state index in [2.05, 4.69) is 15.6 Å². The molecule has 0 bridgehead atoms. The van der Waals surface area contributed by atoms with E-state index in [1.165, 1.54) is 0 Å². The van der Waals surface area contributed by atoms with E-state index in [4.69, 9.17) is 4.42 Å². The summed E-state index contributed by atoms with van der Waals surface area (Å²) in [5.74, 6) is -0.129. The van der Waals surface area contributed by atoms with Gasteiger partial charge in [-0.05, 0) is 47.5 Å². The number of rotatable bonds is 6. The Kier molecular flexibility index (Phi) is 5.33. The number of pyridine rings is 1. The van der Waals surface area contributed by atoms with E-state index in [1.807, 2.05) is 48.5 Å². The Morgan fingerprint density at radius 1 is 0.897 bits per heavy atom. The van der Waals surface area contributed by atoms with Gasteiger partial charge in [0, 0.05) is 30.0 Å². The fourth-order valence-electron chi connectivity index (χ4n) is 2.94. The number of fused-ring (bicyclic) bond motifs is 1. The molecule has 144 valence electrons. The molecule has 0 atom stereocenters. The molecule has 0 saturated carbocycles. The minimum absolute atomic E-state index is 0.0686. The lowest BCUT2D eigenvalue weighted by molar-refractivity contribution is -0.120. The molecule has 0 aliphatic heterocycles. The van der Waals surface area contributed by atoms with E-state index >= 15 is 0 Å². The minimum Gasteiger partial charge on any atom is -0.451 e. The summed E-state index contributed by atoms with van der Waals surface area (Å²) in [5, 5.41) is 6.57. The van der Waals surface area contributed by atoms with E-state index in [0.29, 0.717) is 17.8 Å². The van der Waals surface area contributed by atoms with Crippen LogP contribution in [0.1, 0.15) is 21.7 Å². The Morgan fingerprint density at radius 3 is 2.41 bits per heavy atom. The summed E-state index contributed by atoms with van der Waals surface area (Å²) in [6.45, 7) is 0.465. The molecule has 2 aromatic carbocycles. The number of benzene rings is 2. The third-order valence-electron chi connectivity index (χ3n) is 4.46. The average molecular weight is 385 g/mol. The molecular weight excluding hydrogens is 366 g/mol. The number of amides is 2. The van der Waals surface area contributed by atoms with Gasteiger partial charge in [0.1, 0.15) is 5.58 Å². The summed E-state index contributed by atoms with van der Waals surface area (Å²) < 4.78 is 5.57. The van der Waals surface area contributed by atoms with Gasteiger partial charge in [0.05, 0.1) is 6.42 Å². The molecule has 2 aromatic heterocycles. The number of nitrogens with zero attached hydrogens (tertiary/aromatic N) is 1. The van der Waals surface area contributed by atoms with Crippen LogP contribution in [0.25, 0.3) is 11.0 Å². The lowest BCUT2D eigenvalue weighted by Gasteiger charge is -2.07. The van der Waals surface area contributed by atoms with Crippen molar-refractivity contribution in [2.45, 2.75) is 13.0 Å². The molecule has 0 spiro atoms. The number of para-hydroxylation sites is 1. The van der Waals surface area contributed by atoms with Crippen LogP contribution in [0.2, 0.25) is 0 Å². The quantitative estimate of drug-likeness (QED) is 0.527. The third-order valence-corrected chi connectivity index (χ3v) is 4.46. The van der Waals surface area contributed by atoms with Crippen molar-refractivity contribution in [3.63, 3.8) is 0 Å². The van der Waals surface area contributed by atoms with Gasteiger partial charge in [-0.3, -0.25) is 14.6 Å². The first-order valence-electron chi connectivity index (χ1n) is 9.22. The molecule has 6 nitrogen and oxygen atoms in total. The monoisotopic (exact) mass is 385 g/mol. The first-order chi connectivity index (χ1) is 14.2. The third kappa shape index (κ3) is 4.68. The van der Waals surface area contributed by atoms with E-state index in [1.54, 1.807) is 30.6 Å². The fourth-order valence-corrected chi connectivity index (χ4v) is 2.94. The van der Waals surface area contributed by atoms with Crippen LogP contribution < -0.4 is 10.6 Å². The van der Waals surface area contributed by atoms with Crippen molar-refractivity contribution in [1.82, 2.24) is 10.3 Å². The molecule has 0 aliphatic rings. The molecule has 0 unspecified atom stereocenters. The average Bonchev–Trinajstić information content (AvgIpc) is 3.19. The number of hydrogen-bond donors (Lipinski definition) is 2. The number of furan rings is 1. The summed E-state index contributed by atoms with van der Waals surface area (Å²) in [6.07, 6.45) is 3.66. The van der Waals surface area contributed by atoms with Crippen molar-refractivity contribution in [1.29, 1.82) is 0 Å². The van der Waals surface area contributed by atoms with Crippen molar-refractivity contribution < 1.29 is 14.0 Å². The lowest BCUT2D eigenvalue weighted by Crippen LogP contribution is -2.24. The molecule has 0 aliphatic carbocycles. The van der Waals surface area contributed by atoms with Crippen LogP contribution >= 0.6 is 0 Å². The van der Waals surface area contributed by atoms with Crippen LogP contribution in [0.15, 0.2) is 83.5 Å². The molecule has 0 saturated heterocycles. The van der Waals surface area contributed by atoms with Gasteiger partial charge in [0.15, 0.2) is 5.76 Å². The summed E-state index contributed by atoms with van der Waals surface area (Å²) in [7, 11) is 0. The van der Waals surface area contributed by atoms with E-state index < -0.39 is 0 Å². The van der Waals surface area contributed by atoms with Gasteiger partial charge in [0.25, 0.3) is 5.91 Å². The number of anilines is 1. The topological polar surface area (TPSA) is 84.2 Å². The summed E-state index contributed by atoms with van der Waals surface area (Å²) in [6, 6.07) is 20.1. The van der Waals surface area contributed by atoms with Crippen LogP contribution in [0.5, 0.6) is 0 Å². The second kappa shape index (κ2) is 8.39. The smallest absolute Gasteiger partial charge is 0.291 e. The SMILES string of the molecule is O=C(Cc1ccc(NC(=O)c2cc3ccccc3o2)cc1)NCc1ccncc1. The maximum absolute atomic E-state index is 12.4. The number of carbonyl (C=O) groups excluding carboxylic acids is 2. The Balaban J connectivity index is 1.32. The fraction of sp³-hybridized carbons (Fsp3) is 0.0870. The normalized spacial score (nSPS) is 10.6. The zero-order valence-electron chi connectivity index (χ0n) is 15.6. The molecule has 29 heavy (non-hydrogen) atoms. The highest BCUT2D eigenvalue weighted by atomic mass is 16.3. The van der Waals surface area contributed by atoms with Crippen molar-refractivity contribution >= 4 is 28.5 Å². The van der Waals surface area contributed by atoms with Crippen molar-refractivity contribution in [3.05, 3.63) is 96.0 Å².